The van der Waals surface area contributed by atoms with E-state index in [1.807, 2.05) is 0 Å². The quantitative estimate of drug-likeness (QED) is 0.0867. The molecule has 15 N–H and O–H groups in total. The Hall–Kier alpha value is -1.45. The summed E-state index contributed by atoms with van der Waals surface area (Å²) in [4.78, 5) is 12.7. The van der Waals surface area contributed by atoms with Crippen LogP contribution in [0, 0.1) is 0 Å². The lowest BCUT2D eigenvalue weighted by Crippen LogP contribution is -2.71. The number of aliphatic hydroxyl groups is 14. The number of aliphatic hydroxyl groups excluding tert-OH is 14. The van der Waals surface area contributed by atoms with Gasteiger partial charge in [0.05, 0.1) is 32.0 Å². The second-order valence-corrected chi connectivity index (χ2v) is 14.7. The molecule has 0 aliphatic carbocycles. The second-order valence-electron chi connectivity index (χ2n) is 14.7. The van der Waals surface area contributed by atoms with Crippen molar-refractivity contribution in [3.8, 4) is 0 Å². The van der Waals surface area contributed by atoms with Crippen molar-refractivity contribution in [1.29, 1.82) is 0 Å². The minimum atomic E-state index is -2.01. The van der Waals surface area contributed by atoms with Crippen molar-refractivity contribution >= 4 is 5.91 Å². The first kappa shape index (κ1) is 46.6. The number of carbonyl (C=O) groups is 1. The van der Waals surface area contributed by atoms with Crippen LogP contribution in [0.5, 0.6) is 0 Å². The van der Waals surface area contributed by atoms with Gasteiger partial charge in [0.25, 0.3) is 0 Å². The van der Waals surface area contributed by atoms with E-state index in [2.05, 4.69) is 5.32 Å². The third-order valence-electron chi connectivity index (χ3n) is 10.6. The molecule has 1 amide bonds. The minimum absolute atomic E-state index is 0.803. The SMILES string of the molecule is CC(=O)N[C@H]1[C@H](O[C@@H]2[C@H](O)[C@@H](O)C(O)O[C@@H]2CO)O[C@H](CO)[C@@H](O[C@@H]2O[C@H](CO)[C@H](O)[C@H](O)[C@H]2O[C@@H]2O[C@@H](C)[C@@H](O)[C@@H](O)[C@@H]2O)[C@@H]1O[C@@H]1O[C@@H](C)[C@@H](O)[C@@H](O)[C@@H]1O. The predicted octanol–water partition coefficient (Wildman–Crippen LogP) is -9.73. The Morgan fingerprint density at radius 1 is 0.456 bits per heavy atom. The zero-order chi connectivity index (χ0) is 42.2. The van der Waals surface area contributed by atoms with Gasteiger partial charge >= 0.3 is 0 Å². The van der Waals surface area contributed by atoms with E-state index in [0.717, 1.165) is 6.92 Å². The van der Waals surface area contributed by atoms with Crippen LogP contribution in [0.3, 0.4) is 0 Å². The molecule has 0 radical (unpaired) electrons. The smallest absolute Gasteiger partial charge is 0.217 e. The standard InChI is InChI=1S/C32H55NO24/c1-7-14(38)17(41)22(46)30(49-7)56-26-13(33-9(3)37)29(54-24-11(5-35)51-28(48)21(45)20(24)44)53-12(6-36)25(26)55-32-27(19(43)16(40)10(4-34)52-32)57-31-23(47)18(42)15(39)8(2)50-31/h7-8,10-32,34-36,38-48H,4-6H2,1-3H3,(H,33,37)/t7-,8-,10+,11+,12+,13+,14+,15+,16-,17+,18+,19-,20+,21+,22-,23-,24-,25+,26+,27+,28?,29-,30-,31-,32-/m0/s1. The van der Waals surface area contributed by atoms with Gasteiger partial charge in [-0.15, -0.1) is 0 Å². The van der Waals surface area contributed by atoms with Gasteiger partial charge in [-0.2, -0.15) is 0 Å². The molecule has 25 atom stereocenters. The van der Waals surface area contributed by atoms with Gasteiger partial charge in [-0.3, -0.25) is 4.79 Å². The summed E-state index contributed by atoms with van der Waals surface area (Å²) in [6, 6.07) is -1.69. The third-order valence-corrected chi connectivity index (χ3v) is 10.6. The molecule has 1 unspecified atom stereocenters. The Kier molecular flexibility index (Phi) is 16.0. The Bertz CT molecular complexity index is 1290. The van der Waals surface area contributed by atoms with Crippen LogP contribution in [-0.4, -0.2) is 251 Å². The van der Waals surface area contributed by atoms with Crippen molar-refractivity contribution in [1.82, 2.24) is 5.32 Å². The summed E-state index contributed by atoms with van der Waals surface area (Å²) < 4.78 is 52.2. The zero-order valence-corrected chi connectivity index (χ0v) is 30.9. The minimum Gasteiger partial charge on any atom is -0.394 e. The van der Waals surface area contributed by atoms with E-state index in [-0.39, 0.29) is 0 Å². The van der Waals surface area contributed by atoms with Gasteiger partial charge in [0.2, 0.25) is 5.91 Å². The highest BCUT2D eigenvalue weighted by Crippen LogP contribution is 2.37. The molecule has 5 fully saturated rings. The maximum Gasteiger partial charge on any atom is 0.217 e. The van der Waals surface area contributed by atoms with Crippen molar-refractivity contribution in [2.45, 2.75) is 174 Å². The number of ether oxygens (including phenoxy) is 9. The molecule has 0 aromatic carbocycles. The second kappa shape index (κ2) is 19.5. The number of hydrogen-bond donors (Lipinski definition) is 15. The molecule has 5 saturated heterocycles. The third kappa shape index (κ3) is 9.71. The number of carbonyl (C=O) groups excluding carboxylic acids is 1. The van der Waals surface area contributed by atoms with Gasteiger partial charge in [0.1, 0.15) is 110 Å². The molecule has 25 nitrogen and oxygen atoms in total. The number of nitrogens with one attached hydrogen (secondary N) is 1. The van der Waals surface area contributed by atoms with Gasteiger partial charge in [0.15, 0.2) is 31.5 Å². The van der Waals surface area contributed by atoms with E-state index < -0.39 is 179 Å². The summed E-state index contributed by atoms with van der Waals surface area (Å²) in [5, 5.41) is 149. The van der Waals surface area contributed by atoms with E-state index in [0.29, 0.717) is 0 Å². The highest BCUT2D eigenvalue weighted by atomic mass is 16.8. The number of hydrogen-bond acceptors (Lipinski definition) is 24. The van der Waals surface area contributed by atoms with Gasteiger partial charge in [-0.25, -0.2) is 0 Å². The highest BCUT2D eigenvalue weighted by Gasteiger charge is 2.57. The lowest BCUT2D eigenvalue weighted by Gasteiger charge is -2.52. The maximum absolute atomic E-state index is 12.7. The summed E-state index contributed by atoms with van der Waals surface area (Å²) in [7, 11) is 0. The average molecular weight is 838 g/mol. The zero-order valence-electron chi connectivity index (χ0n) is 30.9. The molecule has 5 rings (SSSR count). The van der Waals surface area contributed by atoms with Crippen molar-refractivity contribution in [2.24, 2.45) is 0 Å². The molecule has 5 aliphatic heterocycles. The Morgan fingerprint density at radius 3 is 1.40 bits per heavy atom. The lowest BCUT2D eigenvalue weighted by molar-refractivity contribution is -0.398. The molecule has 5 aliphatic rings. The van der Waals surface area contributed by atoms with Crippen LogP contribution in [0.1, 0.15) is 20.8 Å². The monoisotopic (exact) mass is 837 g/mol. The topological polar surface area (TPSA) is 395 Å². The summed E-state index contributed by atoms with van der Waals surface area (Å²) in [5.74, 6) is -0.803. The van der Waals surface area contributed by atoms with E-state index in [9.17, 15) is 76.3 Å². The highest BCUT2D eigenvalue weighted by molar-refractivity contribution is 5.73. The number of rotatable bonds is 12. The molecular formula is C32H55NO24. The van der Waals surface area contributed by atoms with E-state index >= 15 is 0 Å². The van der Waals surface area contributed by atoms with E-state index in [1.165, 1.54) is 13.8 Å². The summed E-state index contributed by atoms with van der Waals surface area (Å²) in [6.45, 7) is 0.918. The number of amides is 1. The molecule has 0 spiro atoms. The molecular weight excluding hydrogens is 782 g/mol. The first-order chi connectivity index (χ1) is 26.8. The molecule has 25 heteroatoms. The van der Waals surface area contributed by atoms with Crippen LogP contribution in [0.2, 0.25) is 0 Å². The van der Waals surface area contributed by atoms with Gasteiger partial charge in [-0.05, 0) is 13.8 Å². The van der Waals surface area contributed by atoms with Crippen LogP contribution in [0.25, 0.3) is 0 Å². The molecule has 332 valence electrons. The van der Waals surface area contributed by atoms with Crippen LogP contribution in [0.4, 0.5) is 0 Å². The van der Waals surface area contributed by atoms with Crippen molar-refractivity contribution in [3.63, 3.8) is 0 Å². The molecule has 0 aromatic heterocycles. The largest absolute Gasteiger partial charge is 0.394 e. The first-order valence-corrected chi connectivity index (χ1v) is 18.3. The first-order valence-electron chi connectivity index (χ1n) is 18.3. The maximum atomic E-state index is 12.7. The summed E-state index contributed by atoms with van der Waals surface area (Å²) in [6.07, 6.45) is -42.3. The molecule has 0 bridgehead atoms. The fourth-order valence-electron chi connectivity index (χ4n) is 7.30. The fraction of sp³-hybridized carbons (Fsp3) is 0.969. The van der Waals surface area contributed by atoms with Gasteiger partial charge in [-0.1, -0.05) is 0 Å². The van der Waals surface area contributed by atoms with E-state index in [1.54, 1.807) is 0 Å². The van der Waals surface area contributed by atoms with Crippen LogP contribution < -0.4 is 5.32 Å². The summed E-state index contributed by atoms with van der Waals surface area (Å²) >= 11 is 0. The van der Waals surface area contributed by atoms with Gasteiger partial charge < -0.3 is 119 Å². The molecule has 0 aromatic rings. The van der Waals surface area contributed by atoms with Crippen molar-refractivity contribution in [3.05, 3.63) is 0 Å². The van der Waals surface area contributed by atoms with Crippen LogP contribution in [0.15, 0.2) is 0 Å². The van der Waals surface area contributed by atoms with Crippen molar-refractivity contribution < 1.29 is 119 Å². The average Bonchev–Trinajstić information content (AvgIpc) is 3.18. The molecule has 0 saturated carbocycles. The van der Waals surface area contributed by atoms with Crippen molar-refractivity contribution in [2.75, 3.05) is 19.8 Å². The Balaban J connectivity index is 1.54. The normalized spacial score (nSPS) is 52.3. The van der Waals surface area contributed by atoms with Crippen LogP contribution >= 0.6 is 0 Å². The Labute approximate surface area is 324 Å². The lowest BCUT2D eigenvalue weighted by atomic mass is 9.93. The Morgan fingerprint density at radius 2 is 0.895 bits per heavy atom. The summed E-state index contributed by atoms with van der Waals surface area (Å²) in [5.41, 5.74) is 0. The fourth-order valence-corrected chi connectivity index (χ4v) is 7.30. The van der Waals surface area contributed by atoms with Gasteiger partial charge in [0, 0.05) is 6.92 Å². The molecule has 5 heterocycles. The molecule has 57 heavy (non-hydrogen) atoms. The van der Waals surface area contributed by atoms with E-state index in [4.69, 9.17) is 42.6 Å². The van der Waals surface area contributed by atoms with Crippen LogP contribution in [-0.2, 0) is 47.4 Å². The predicted molar refractivity (Wildman–Crippen MR) is 175 cm³/mol.